The minimum absolute atomic E-state index is 0.451. The third kappa shape index (κ3) is 2.94. The molecule has 86 valence electrons. The molecule has 0 unspecified atom stereocenters. The number of hydrogen-bond acceptors (Lipinski definition) is 3. The van der Waals surface area contributed by atoms with Crippen LogP contribution in [0.4, 0.5) is 0 Å². The highest BCUT2D eigenvalue weighted by Gasteiger charge is 2.06. The van der Waals surface area contributed by atoms with Crippen LogP contribution in [-0.2, 0) is 13.0 Å². The normalized spacial score (nSPS) is 12.9. The van der Waals surface area contributed by atoms with Crippen molar-refractivity contribution in [2.75, 3.05) is 0 Å². The van der Waals surface area contributed by atoms with Crippen molar-refractivity contribution in [3.63, 3.8) is 0 Å². The average molecular weight is 251 g/mol. The van der Waals surface area contributed by atoms with Gasteiger partial charge in [-0.05, 0) is 36.9 Å². The fourth-order valence-corrected chi connectivity index (χ4v) is 3.27. The van der Waals surface area contributed by atoms with E-state index in [1.807, 2.05) is 22.7 Å². The van der Waals surface area contributed by atoms with Crippen molar-refractivity contribution < 1.29 is 0 Å². The average Bonchev–Trinajstić information content (AvgIpc) is 2.96. The van der Waals surface area contributed by atoms with E-state index < -0.39 is 0 Å². The summed E-state index contributed by atoms with van der Waals surface area (Å²) in [5.41, 5.74) is 0. The van der Waals surface area contributed by atoms with E-state index >= 15 is 0 Å². The molecule has 0 aliphatic heterocycles. The molecule has 2 aromatic heterocycles. The van der Waals surface area contributed by atoms with Crippen LogP contribution in [0.15, 0.2) is 29.6 Å². The SMILES string of the molecule is CCc1ccc(CN[C@@H](C)c2cccs2)s1. The van der Waals surface area contributed by atoms with Gasteiger partial charge in [-0.1, -0.05) is 13.0 Å². The van der Waals surface area contributed by atoms with E-state index in [2.05, 4.69) is 48.8 Å². The largest absolute Gasteiger partial charge is 0.305 e. The molecule has 0 amide bonds. The van der Waals surface area contributed by atoms with Crippen molar-refractivity contribution in [1.82, 2.24) is 5.32 Å². The van der Waals surface area contributed by atoms with E-state index in [0.29, 0.717) is 6.04 Å². The number of aryl methyl sites for hydroxylation is 1. The van der Waals surface area contributed by atoms with Gasteiger partial charge in [0.25, 0.3) is 0 Å². The van der Waals surface area contributed by atoms with Crippen LogP contribution in [0.25, 0.3) is 0 Å². The fraction of sp³-hybridized carbons (Fsp3) is 0.385. The molecule has 0 aliphatic carbocycles. The highest BCUT2D eigenvalue weighted by atomic mass is 32.1. The van der Waals surface area contributed by atoms with Crippen LogP contribution >= 0.6 is 22.7 Å². The molecule has 0 fully saturated rings. The number of rotatable bonds is 5. The van der Waals surface area contributed by atoms with E-state index in [1.54, 1.807) is 0 Å². The second-order valence-corrected chi connectivity index (χ2v) is 6.07. The topological polar surface area (TPSA) is 12.0 Å². The van der Waals surface area contributed by atoms with Gasteiger partial charge in [0.15, 0.2) is 0 Å². The van der Waals surface area contributed by atoms with Gasteiger partial charge in [-0.25, -0.2) is 0 Å². The summed E-state index contributed by atoms with van der Waals surface area (Å²) in [5.74, 6) is 0. The van der Waals surface area contributed by atoms with Crippen LogP contribution in [0, 0.1) is 0 Å². The molecule has 0 spiro atoms. The summed E-state index contributed by atoms with van der Waals surface area (Å²) in [5, 5.41) is 5.69. The van der Waals surface area contributed by atoms with Crippen LogP contribution in [0.1, 0.15) is 34.5 Å². The van der Waals surface area contributed by atoms with Crippen molar-refractivity contribution in [3.05, 3.63) is 44.3 Å². The second-order valence-electron chi connectivity index (χ2n) is 3.84. The van der Waals surface area contributed by atoms with E-state index in [1.165, 1.54) is 14.6 Å². The summed E-state index contributed by atoms with van der Waals surface area (Å²) in [6.45, 7) is 5.40. The molecule has 0 bridgehead atoms. The molecular weight excluding hydrogens is 234 g/mol. The minimum atomic E-state index is 0.451. The standard InChI is InChI=1S/C13H17NS2/c1-3-11-6-7-12(16-11)9-14-10(2)13-5-4-8-15-13/h4-8,10,14H,3,9H2,1-2H3/t10-/m0/s1. The van der Waals surface area contributed by atoms with Gasteiger partial charge in [-0.2, -0.15) is 0 Å². The Morgan fingerprint density at radius 2 is 2.06 bits per heavy atom. The summed E-state index contributed by atoms with van der Waals surface area (Å²) in [4.78, 5) is 4.31. The van der Waals surface area contributed by atoms with Gasteiger partial charge in [0.05, 0.1) is 0 Å². The van der Waals surface area contributed by atoms with Gasteiger partial charge in [0, 0.05) is 27.2 Å². The first-order valence-electron chi connectivity index (χ1n) is 5.64. The molecule has 2 heterocycles. The molecule has 0 saturated heterocycles. The summed E-state index contributed by atoms with van der Waals surface area (Å²) in [7, 11) is 0. The third-order valence-electron chi connectivity index (χ3n) is 2.62. The van der Waals surface area contributed by atoms with Crippen molar-refractivity contribution in [1.29, 1.82) is 0 Å². The van der Waals surface area contributed by atoms with Crippen LogP contribution in [0.5, 0.6) is 0 Å². The second kappa shape index (κ2) is 5.62. The highest BCUT2D eigenvalue weighted by molar-refractivity contribution is 7.12. The molecular formula is C13H17NS2. The first kappa shape index (κ1) is 11.8. The zero-order valence-electron chi connectivity index (χ0n) is 9.69. The van der Waals surface area contributed by atoms with E-state index in [0.717, 1.165) is 13.0 Å². The Morgan fingerprint density at radius 3 is 2.69 bits per heavy atom. The van der Waals surface area contributed by atoms with Crippen molar-refractivity contribution in [2.24, 2.45) is 0 Å². The van der Waals surface area contributed by atoms with E-state index in [9.17, 15) is 0 Å². The zero-order valence-corrected chi connectivity index (χ0v) is 11.3. The third-order valence-corrected chi connectivity index (χ3v) is 4.90. The molecule has 2 aromatic rings. The lowest BCUT2D eigenvalue weighted by atomic mass is 10.2. The van der Waals surface area contributed by atoms with E-state index in [-0.39, 0.29) is 0 Å². The predicted octanol–water partition coefficient (Wildman–Crippen LogP) is 4.22. The number of nitrogens with one attached hydrogen (secondary N) is 1. The lowest BCUT2D eigenvalue weighted by Gasteiger charge is -2.10. The van der Waals surface area contributed by atoms with Crippen LogP contribution in [-0.4, -0.2) is 0 Å². The molecule has 1 atom stereocenters. The molecule has 1 N–H and O–H groups in total. The Morgan fingerprint density at radius 1 is 1.25 bits per heavy atom. The van der Waals surface area contributed by atoms with Crippen molar-refractivity contribution in [2.45, 2.75) is 32.9 Å². The summed E-state index contributed by atoms with van der Waals surface area (Å²) in [6.07, 6.45) is 1.14. The van der Waals surface area contributed by atoms with E-state index in [4.69, 9.17) is 0 Å². The summed E-state index contributed by atoms with van der Waals surface area (Å²) >= 11 is 3.73. The van der Waals surface area contributed by atoms with Gasteiger partial charge in [0.2, 0.25) is 0 Å². The molecule has 0 aromatic carbocycles. The van der Waals surface area contributed by atoms with Crippen LogP contribution < -0.4 is 5.32 Å². The number of thiophene rings is 2. The maximum absolute atomic E-state index is 3.56. The maximum Gasteiger partial charge on any atom is 0.0389 e. The summed E-state index contributed by atoms with van der Waals surface area (Å²) < 4.78 is 0. The Hall–Kier alpha value is -0.640. The Balaban J connectivity index is 1.87. The van der Waals surface area contributed by atoms with Crippen LogP contribution in [0.2, 0.25) is 0 Å². The molecule has 2 rings (SSSR count). The minimum Gasteiger partial charge on any atom is -0.305 e. The maximum atomic E-state index is 3.56. The predicted molar refractivity (Wildman–Crippen MR) is 73.3 cm³/mol. The lowest BCUT2D eigenvalue weighted by molar-refractivity contribution is 0.587. The number of hydrogen-bond donors (Lipinski definition) is 1. The quantitative estimate of drug-likeness (QED) is 0.839. The molecule has 1 nitrogen and oxygen atoms in total. The first-order chi connectivity index (χ1) is 7.79. The fourth-order valence-electron chi connectivity index (χ4n) is 1.60. The molecule has 16 heavy (non-hydrogen) atoms. The lowest BCUT2D eigenvalue weighted by Crippen LogP contribution is -2.16. The molecule has 0 saturated carbocycles. The van der Waals surface area contributed by atoms with Gasteiger partial charge >= 0.3 is 0 Å². The van der Waals surface area contributed by atoms with Gasteiger partial charge in [-0.3, -0.25) is 0 Å². The monoisotopic (exact) mass is 251 g/mol. The first-order valence-corrected chi connectivity index (χ1v) is 7.33. The molecule has 3 heteroatoms. The Kier molecular flexibility index (Phi) is 4.16. The smallest absolute Gasteiger partial charge is 0.0389 e. The van der Waals surface area contributed by atoms with Crippen LogP contribution in [0.3, 0.4) is 0 Å². The van der Waals surface area contributed by atoms with Gasteiger partial charge < -0.3 is 5.32 Å². The van der Waals surface area contributed by atoms with Crippen molar-refractivity contribution >= 4 is 22.7 Å². The molecule has 0 aliphatic rings. The molecule has 0 radical (unpaired) electrons. The van der Waals surface area contributed by atoms with Gasteiger partial charge in [-0.15, -0.1) is 22.7 Å². The summed E-state index contributed by atoms with van der Waals surface area (Å²) in [6, 6.07) is 9.22. The highest BCUT2D eigenvalue weighted by Crippen LogP contribution is 2.21. The van der Waals surface area contributed by atoms with Gasteiger partial charge in [0.1, 0.15) is 0 Å². The van der Waals surface area contributed by atoms with Crippen molar-refractivity contribution in [3.8, 4) is 0 Å². The Labute approximate surface area is 105 Å². The zero-order chi connectivity index (χ0) is 11.4. The Bertz CT molecular complexity index is 417.